The first kappa shape index (κ1) is 24.1. The number of nitrogens with one attached hydrogen (secondary N) is 1. The summed E-state index contributed by atoms with van der Waals surface area (Å²) in [5.74, 6) is -0.104. The average molecular weight is 506 g/mol. The molecule has 3 rings (SSSR count). The van der Waals surface area contributed by atoms with E-state index in [1.165, 1.54) is 29.6 Å². The molecule has 1 aliphatic rings. The van der Waals surface area contributed by atoms with Crippen LogP contribution in [0.25, 0.3) is 0 Å². The van der Waals surface area contributed by atoms with Gasteiger partial charge in [-0.3, -0.25) is 4.79 Å². The van der Waals surface area contributed by atoms with Crippen molar-refractivity contribution in [2.45, 2.75) is 43.0 Å². The summed E-state index contributed by atoms with van der Waals surface area (Å²) in [5.41, 5.74) is 0.399. The highest BCUT2D eigenvalue weighted by Crippen LogP contribution is 2.32. The Morgan fingerprint density at radius 2 is 1.71 bits per heavy atom. The molecule has 0 atom stereocenters. The molecule has 0 radical (unpaired) electrons. The number of benzene rings is 2. The Hall–Kier alpha value is -1.51. The largest absolute Gasteiger partial charge is 0.495 e. The number of hydrogen-bond acceptors (Lipinski definition) is 4. The van der Waals surface area contributed by atoms with Crippen molar-refractivity contribution >= 4 is 56.4 Å². The molecule has 0 spiro atoms. The monoisotopic (exact) mass is 504 g/mol. The van der Waals surface area contributed by atoms with E-state index in [1.54, 1.807) is 18.2 Å². The van der Waals surface area contributed by atoms with E-state index in [0.29, 0.717) is 34.3 Å². The van der Waals surface area contributed by atoms with Gasteiger partial charge in [-0.15, -0.1) is 0 Å². The highest BCUT2D eigenvalue weighted by molar-refractivity contribution is 7.89. The Bertz CT molecular complexity index is 1040. The molecule has 6 nitrogen and oxygen atoms in total. The van der Waals surface area contributed by atoms with Gasteiger partial charge in [0.1, 0.15) is 5.75 Å². The summed E-state index contributed by atoms with van der Waals surface area (Å²) in [6.07, 6.45) is 4.25. The summed E-state index contributed by atoms with van der Waals surface area (Å²) in [4.78, 5) is 12.8. The second-order valence-electron chi connectivity index (χ2n) is 7.34. The highest BCUT2D eigenvalue weighted by atomic mass is 35.5. The molecule has 0 aromatic heterocycles. The van der Waals surface area contributed by atoms with Crippen molar-refractivity contribution in [2.24, 2.45) is 0 Å². The van der Waals surface area contributed by atoms with Crippen LogP contribution in [-0.2, 0) is 14.8 Å². The number of hydrogen-bond donors (Lipinski definition) is 1. The fourth-order valence-electron chi connectivity index (χ4n) is 3.69. The predicted molar refractivity (Wildman–Crippen MR) is 124 cm³/mol. The first-order valence-electron chi connectivity index (χ1n) is 9.82. The second kappa shape index (κ2) is 10.4. The summed E-state index contributed by atoms with van der Waals surface area (Å²) in [6.45, 7) is -0.333. The molecule has 1 saturated carbocycles. The summed E-state index contributed by atoms with van der Waals surface area (Å²) >= 11 is 18.1. The molecule has 0 unspecified atom stereocenters. The summed E-state index contributed by atoms with van der Waals surface area (Å²) in [6, 6.07) is 8.66. The molecule has 0 aliphatic heterocycles. The lowest BCUT2D eigenvalue weighted by atomic mass is 9.95. The van der Waals surface area contributed by atoms with E-state index in [0.717, 1.165) is 19.3 Å². The molecule has 10 heteroatoms. The maximum absolute atomic E-state index is 13.5. The first-order chi connectivity index (χ1) is 14.7. The number of methoxy groups -OCH3 is 1. The lowest BCUT2D eigenvalue weighted by molar-refractivity contribution is -0.116. The minimum Gasteiger partial charge on any atom is -0.495 e. The van der Waals surface area contributed by atoms with Gasteiger partial charge in [0.05, 0.1) is 23.6 Å². The van der Waals surface area contributed by atoms with Crippen molar-refractivity contribution in [3.05, 3.63) is 51.5 Å². The van der Waals surface area contributed by atoms with Crippen LogP contribution in [0, 0.1) is 0 Å². The molecule has 0 heterocycles. The van der Waals surface area contributed by atoms with Crippen LogP contribution in [0.3, 0.4) is 0 Å². The number of sulfonamides is 1. The third kappa shape index (κ3) is 6.05. The molecule has 0 saturated heterocycles. The van der Waals surface area contributed by atoms with E-state index >= 15 is 0 Å². The zero-order valence-corrected chi connectivity index (χ0v) is 20.0. The molecule has 2 aromatic rings. The van der Waals surface area contributed by atoms with Crippen LogP contribution < -0.4 is 10.1 Å². The normalized spacial score (nSPS) is 15.1. The van der Waals surface area contributed by atoms with Gasteiger partial charge in [0, 0.05) is 21.8 Å². The van der Waals surface area contributed by atoms with Gasteiger partial charge in [-0.2, -0.15) is 4.31 Å². The van der Waals surface area contributed by atoms with Crippen molar-refractivity contribution in [3.63, 3.8) is 0 Å². The summed E-state index contributed by atoms with van der Waals surface area (Å²) in [5, 5.41) is 3.61. The molecule has 168 valence electrons. The van der Waals surface area contributed by atoms with Crippen LogP contribution >= 0.6 is 34.8 Å². The Morgan fingerprint density at radius 1 is 1.06 bits per heavy atom. The van der Waals surface area contributed by atoms with Gasteiger partial charge in [-0.1, -0.05) is 54.1 Å². The zero-order valence-electron chi connectivity index (χ0n) is 16.9. The van der Waals surface area contributed by atoms with Gasteiger partial charge in [-0.25, -0.2) is 8.42 Å². The van der Waals surface area contributed by atoms with E-state index < -0.39 is 15.9 Å². The summed E-state index contributed by atoms with van der Waals surface area (Å²) < 4.78 is 33.4. The molecule has 1 fully saturated rings. The lowest BCUT2D eigenvalue weighted by Crippen LogP contribution is -2.45. The molecule has 2 aromatic carbocycles. The molecule has 1 amide bonds. The number of anilines is 1. The molecule has 1 aliphatic carbocycles. The van der Waals surface area contributed by atoms with Gasteiger partial charge >= 0.3 is 0 Å². The Kier molecular flexibility index (Phi) is 8.10. The molecule has 1 N–H and O–H groups in total. The fraction of sp³-hybridized carbons (Fsp3) is 0.381. The highest BCUT2D eigenvalue weighted by Gasteiger charge is 2.34. The minimum absolute atomic E-state index is 0.0162. The number of amides is 1. The standard InChI is InChI=1S/C21H23Cl3N2O4S/c1-30-20-8-7-18(12-19(20)24)31(28,29)26(17-5-3-2-4-6-17)13-21(27)25-16-10-14(22)9-15(23)11-16/h7-12,17H,2-6,13H2,1H3,(H,25,27). The third-order valence-electron chi connectivity index (χ3n) is 5.16. The number of halogens is 3. The van der Waals surface area contributed by atoms with Crippen LogP contribution in [0.15, 0.2) is 41.3 Å². The van der Waals surface area contributed by atoms with E-state index in [-0.39, 0.29) is 22.5 Å². The Morgan fingerprint density at radius 3 is 2.29 bits per heavy atom. The van der Waals surface area contributed by atoms with Crippen molar-refractivity contribution in [2.75, 3.05) is 19.0 Å². The average Bonchev–Trinajstić information content (AvgIpc) is 2.71. The number of carbonyl (C=O) groups excluding carboxylic acids is 1. The van der Waals surface area contributed by atoms with Crippen molar-refractivity contribution in [3.8, 4) is 5.75 Å². The van der Waals surface area contributed by atoms with Crippen LogP contribution in [0.4, 0.5) is 5.69 Å². The lowest BCUT2D eigenvalue weighted by Gasteiger charge is -2.33. The smallest absolute Gasteiger partial charge is 0.243 e. The quantitative estimate of drug-likeness (QED) is 0.530. The minimum atomic E-state index is -3.97. The van der Waals surface area contributed by atoms with Crippen molar-refractivity contribution < 1.29 is 17.9 Å². The first-order valence-corrected chi connectivity index (χ1v) is 12.4. The van der Waals surface area contributed by atoms with Crippen LogP contribution in [0.2, 0.25) is 15.1 Å². The third-order valence-corrected chi connectivity index (χ3v) is 7.78. The maximum Gasteiger partial charge on any atom is 0.243 e. The zero-order chi connectivity index (χ0) is 22.6. The van der Waals surface area contributed by atoms with Gasteiger partial charge in [-0.05, 0) is 49.2 Å². The second-order valence-corrected chi connectivity index (χ2v) is 10.5. The summed E-state index contributed by atoms with van der Waals surface area (Å²) in [7, 11) is -2.52. The van der Waals surface area contributed by atoms with Crippen LogP contribution in [0.1, 0.15) is 32.1 Å². The van der Waals surface area contributed by atoms with Crippen LogP contribution in [0.5, 0.6) is 5.75 Å². The molecular weight excluding hydrogens is 483 g/mol. The van der Waals surface area contributed by atoms with E-state index in [2.05, 4.69) is 5.32 Å². The van der Waals surface area contributed by atoms with Gasteiger partial charge in [0.25, 0.3) is 0 Å². The fourth-order valence-corrected chi connectivity index (χ4v) is 6.21. The van der Waals surface area contributed by atoms with Gasteiger partial charge < -0.3 is 10.1 Å². The SMILES string of the molecule is COc1ccc(S(=O)(=O)N(CC(=O)Nc2cc(Cl)cc(Cl)c2)C2CCCCC2)cc1Cl. The maximum atomic E-state index is 13.5. The van der Waals surface area contributed by atoms with Gasteiger partial charge in [0.2, 0.25) is 15.9 Å². The molecule has 31 heavy (non-hydrogen) atoms. The predicted octanol–water partition coefficient (Wildman–Crippen LogP) is 5.62. The Balaban J connectivity index is 1.88. The van der Waals surface area contributed by atoms with Crippen molar-refractivity contribution in [1.29, 1.82) is 0 Å². The molecular formula is C21H23Cl3N2O4S. The number of carbonyl (C=O) groups is 1. The molecule has 0 bridgehead atoms. The van der Waals surface area contributed by atoms with Crippen LogP contribution in [-0.4, -0.2) is 38.3 Å². The van der Waals surface area contributed by atoms with E-state index in [1.807, 2.05) is 0 Å². The van der Waals surface area contributed by atoms with Crippen molar-refractivity contribution in [1.82, 2.24) is 4.31 Å². The van der Waals surface area contributed by atoms with E-state index in [4.69, 9.17) is 39.5 Å². The number of ether oxygens (including phenoxy) is 1. The number of nitrogens with zero attached hydrogens (tertiary/aromatic N) is 1. The topological polar surface area (TPSA) is 75.7 Å². The number of rotatable bonds is 7. The van der Waals surface area contributed by atoms with Gasteiger partial charge in [0.15, 0.2) is 0 Å². The Labute approximate surface area is 197 Å². The van der Waals surface area contributed by atoms with E-state index in [9.17, 15) is 13.2 Å².